The minimum atomic E-state index is -0.801. The first-order chi connectivity index (χ1) is 9.13. The fourth-order valence-corrected chi connectivity index (χ4v) is 1.63. The highest BCUT2D eigenvalue weighted by atomic mass is 16.4. The fourth-order valence-electron chi connectivity index (χ4n) is 1.63. The molecule has 0 unspecified atom stereocenters. The summed E-state index contributed by atoms with van der Waals surface area (Å²) in [4.78, 5) is 18.3. The maximum atomic E-state index is 10.5. The molecule has 2 rings (SSSR count). The number of nitrogens with two attached hydrogens (primary N) is 1. The minimum absolute atomic E-state index is 0.119. The summed E-state index contributed by atoms with van der Waals surface area (Å²) < 4.78 is 0. The molecule has 19 heavy (non-hydrogen) atoms. The van der Waals surface area contributed by atoms with Gasteiger partial charge in [0.05, 0.1) is 18.1 Å². The molecule has 1 aromatic heterocycles. The zero-order chi connectivity index (χ0) is 13.7. The van der Waals surface area contributed by atoms with E-state index in [1.165, 1.54) is 0 Å². The van der Waals surface area contributed by atoms with Gasteiger partial charge in [-0.05, 0) is 24.1 Å². The lowest BCUT2D eigenvalue weighted by atomic mass is 10.1. The number of carboxylic acid groups (broad SMARTS) is 1. The molecule has 0 saturated heterocycles. The van der Waals surface area contributed by atoms with Crippen LogP contribution in [0.15, 0.2) is 36.7 Å². The summed E-state index contributed by atoms with van der Waals surface area (Å²) in [6.07, 6.45) is 3.80. The van der Waals surface area contributed by atoms with Crippen molar-refractivity contribution in [3.63, 3.8) is 0 Å². The first-order valence-corrected chi connectivity index (χ1v) is 5.79. The van der Waals surface area contributed by atoms with Gasteiger partial charge in [0, 0.05) is 12.1 Å². The highest BCUT2D eigenvalue weighted by Crippen LogP contribution is 2.17. The van der Waals surface area contributed by atoms with Crippen LogP contribution >= 0.6 is 0 Å². The third-order valence-electron chi connectivity index (χ3n) is 2.52. The van der Waals surface area contributed by atoms with Crippen molar-refractivity contribution in [3.8, 4) is 0 Å². The van der Waals surface area contributed by atoms with Crippen molar-refractivity contribution < 1.29 is 9.90 Å². The second kappa shape index (κ2) is 5.81. The molecule has 0 radical (unpaired) electrons. The zero-order valence-corrected chi connectivity index (χ0v) is 10.2. The Bertz CT molecular complexity index is 569. The van der Waals surface area contributed by atoms with Crippen LogP contribution in [-0.4, -0.2) is 21.0 Å². The highest BCUT2D eigenvalue weighted by molar-refractivity contribution is 5.67. The van der Waals surface area contributed by atoms with E-state index in [0.29, 0.717) is 6.42 Å². The van der Waals surface area contributed by atoms with Gasteiger partial charge in [-0.3, -0.25) is 4.79 Å². The average molecular weight is 258 g/mol. The second-order valence-electron chi connectivity index (χ2n) is 4.05. The van der Waals surface area contributed by atoms with Gasteiger partial charge in [-0.25, -0.2) is 9.97 Å². The lowest BCUT2D eigenvalue weighted by Gasteiger charge is -2.07. The largest absolute Gasteiger partial charge is 0.481 e. The number of nitrogen functional groups attached to an aromatic ring is 1. The summed E-state index contributed by atoms with van der Waals surface area (Å²) in [6, 6.07) is 7.56. The van der Waals surface area contributed by atoms with Crippen LogP contribution in [0.25, 0.3) is 0 Å². The van der Waals surface area contributed by atoms with E-state index in [-0.39, 0.29) is 12.4 Å². The summed E-state index contributed by atoms with van der Waals surface area (Å²) in [5.74, 6) is -0.578. The number of aromatic nitrogens is 2. The molecule has 0 amide bonds. The van der Waals surface area contributed by atoms with Gasteiger partial charge in [-0.2, -0.15) is 0 Å². The first-order valence-electron chi connectivity index (χ1n) is 5.79. The van der Waals surface area contributed by atoms with E-state index < -0.39 is 5.97 Å². The molecule has 2 aromatic rings. The van der Waals surface area contributed by atoms with Crippen LogP contribution in [0, 0.1) is 0 Å². The molecule has 0 aliphatic heterocycles. The number of carboxylic acids is 1. The zero-order valence-electron chi connectivity index (χ0n) is 10.2. The first kappa shape index (κ1) is 12.8. The smallest absolute Gasteiger partial charge is 0.303 e. The van der Waals surface area contributed by atoms with Gasteiger partial charge >= 0.3 is 5.97 Å². The van der Waals surface area contributed by atoms with Gasteiger partial charge in [0.25, 0.3) is 0 Å². The van der Waals surface area contributed by atoms with Crippen molar-refractivity contribution >= 4 is 23.3 Å². The van der Waals surface area contributed by atoms with Gasteiger partial charge in [-0.15, -0.1) is 0 Å². The third-order valence-corrected chi connectivity index (χ3v) is 2.52. The number of hydrogen-bond acceptors (Lipinski definition) is 5. The molecular weight excluding hydrogens is 244 g/mol. The summed E-state index contributed by atoms with van der Waals surface area (Å²) in [5.41, 5.74) is 7.95. The molecule has 0 fully saturated rings. The summed E-state index contributed by atoms with van der Waals surface area (Å²) in [7, 11) is 0. The fraction of sp³-hybridized carbons (Fsp3) is 0.154. The molecule has 0 aliphatic rings. The Balaban J connectivity index is 2.06. The van der Waals surface area contributed by atoms with Crippen LogP contribution in [0.5, 0.6) is 0 Å². The van der Waals surface area contributed by atoms with E-state index in [1.807, 2.05) is 24.3 Å². The Morgan fingerprint density at radius 3 is 2.68 bits per heavy atom. The Morgan fingerprint density at radius 1 is 1.26 bits per heavy atom. The van der Waals surface area contributed by atoms with Crippen LogP contribution in [0.2, 0.25) is 0 Å². The number of rotatable bonds is 5. The molecule has 1 aromatic carbocycles. The predicted octanol–water partition coefficient (Wildman–Crippen LogP) is 1.82. The van der Waals surface area contributed by atoms with Crippen molar-refractivity contribution in [2.24, 2.45) is 0 Å². The topological polar surface area (TPSA) is 101 Å². The number of carbonyl (C=O) groups is 1. The number of aryl methyl sites for hydroxylation is 1. The molecule has 0 aliphatic carbocycles. The molecule has 0 bridgehead atoms. The van der Waals surface area contributed by atoms with E-state index in [0.717, 1.165) is 16.9 Å². The van der Waals surface area contributed by atoms with Crippen LogP contribution in [0.3, 0.4) is 0 Å². The molecule has 0 spiro atoms. The third kappa shape index (κ3) is 3.95. The molecule has 6 nitrogen and oxygen atoms in total. The molecule has 0 saturated carbocycles. The van der Waals surface area contributed by atoms with Crippen LogP contribution in [0.4, 0.5) is 17.3 Å². The van der Waals surface area contributed by atoms with Crippen LogP contribution in [0.1, 0.15) is 12.0 Å². The van der Waals surface area contributed by atoms with Gasteiger partial charge in [0.15, 0.2) is 0 Å². The monoisotopic (exact) mass is 258 g/mol. The van der Waals surface area contributed by atoms with Crippen molar-refractivity contribution in [2.45, 2.75) is 12.8 Å². The molecule has 98 valence electrons. The number of hydrogen-bond donors (Lipinski definition) is 3. The molecule has 1 heterocycles. The van der Waals surface area contributed by atoms with E-state index in [9.17, 15) is 4.79 Å². The van der Waals surface area contributed by atoms with Gasteiger partial charge < -0.3 is 16.2 Å². The lowest BCUT2D eigenvalue weighted by molar-refractivity contribution is -0.136. The Labute approximate surface area is 110 Å². The van der Waals surface area contributed by atoms with Crippen LogP contribution < -0.4 is 11.1 Å². The Morgan fingerprint density at radius 2 is 2.00 bits per heavy atom. The normalized spacial score (nSPS) is 10.1. The number of aliphatic carboxylic acids is 1. The van der Waals surface area contributed by atoms with Crippen molar-refractivity contribution in [1.82, 2.24) is 9.97 Å². The van der Waals surface area contributed by atoms with E-state index >= 15 is 0 Å². The number of nitrogens with zero attached hydrogens (tertiary/aromatic N) is 2. The second-order valence-corrected chi connectivity index (χ2v) is 4.05. The maximum Gasteiger partial charge on any atom is 0.303 e. The Kier molecular flexibility index (Phi) is 3.92. The average Bonchev–Trinajstić information content (AvgIpc) is 2.40. The number of anilines is 3. The molecule has 6 heteroatoms. The predicted molar refractivity (Wildman–Crippen MR) is 72.1 cm³/mol. The minimum Gasteiger partial charge on any atom is -0.481 e. The Hall–Kier alpha value is -2.63. The van der Waals surface area contributed by atoms with Crippen LogP contribution in [-0.2, 0) is 11.2 Å². The summed E-state index contributed by atoms with van der Waals surface area (Å²) >= 11 is 0. The molecule has 4 N–H and O–H groups in total. The van der Waals surface area contributed by atoms with Crippen molar-refractivity contribution in [3.05, 3.63) is 42.2 Å². The summed E-state index contributed by atoms with van der Waals surface area (Å²) in [5, 5.41) is 11.8. The standard InChI is InChI=1S/C13H14N4O2/c14-13-15-7-11(8-16-13)17-10-3-1-2-9(6-10)4-5-12(18)19/h1-3,6-8,17H,4-5H2,(H,18,19)(H2,14,15,16). The number of benzene rings is 1. The van der Waals surface area contributed by atoms with Crippen molar-refractivity contribution in [1.29, 1.82) is 0 Å². The quantitative estimate of drug-likeness (QED) is 0.756. The highest BCUT2D eigenvalue weighted by Gasteiger charge is 2.01. The molecule has 0 atom stereocenters. The maximum absolute atomic E-state index is 10.5. The number of nitrogens with one attached hydrogen (secondary N) is 1. The van der Waals surface area contributed by atoms with Gasteiger partial charge in [0.1, 0.15) is 0 Å². The van der Waals surface area contributed by atoms with Gasteiger partial charge in [0.2, 0.25) is 5.95 Å². The molecular formula is C13H14N4O2. The van der Waals surface area contributed by atoms with E-state index in [1.54, 1.807) is 12.4 Å². The SMILES string of the molecule is Nc1ncc(Nc2cccc(CCC(=O)O)c2)cn1. The summed E-state index contributed by atoms with van der Waals surface area (Å²) in [6.45, 7) is 0. The van der Waals surface area contributed by atoms with E-state index in [2.05, 4.69) is 15.3 Å². The van der Waals surface area contributed by atoms with Gasteiger partial charge in [-0.1, -0.05) is 12.1 Å². The van der Waals surface area contributed by atoms with Crippen molar-refractivity contribution in [2.75, 3.05) is 11.1 Å². The lowest BCUT2D eigenvalue weighted by Crippen LogP contribution is -1.99. The van der Waals surface area contributed by atoms with E-state index in [4.69, 9.17) is 10.8 Å².